The lowest BCUT2D eigenvalue weighted by molar-refractivity contribution is -0.253. The maximum absolute atomic E-state index is 12.7. The summed E-state index contributed by atoms with van der Waals surface area (Å²) in [5.74, 6) is -0.473. The largest absolute Gasteiger partial charge is 0.461 e. The van der Waals surface area contributed by atoms with Crippen LogP contribution in [-0.2, 0) is 0 Å². The number of alkyl halides is 4. The Morgan fingerprint density at radius 3 is 2.41 bits per heavy atom. The van der Waals surface area contributed by atoms with Gasteiger partial charge in [-0.1, -0.05) is 18.2 Å². The van der Waals surface area contributed by atoms with Crippen molar-refractivity contribution in [3.8, 4) is 5.75 Å². The van der Waals surface area contributed by atoms with Gasteiger partial charge in [-0.05, 0) is 6.07 Å². The van der Waals surface area contributed by atoms with Crippen LogP contribution < -0.4 is 10.5 Å². The van der Waals surface area contributed by atoms with E-state index in [1.165, 1.54) is 18.2 Å². The molecule has 7 heteroatoms. The number of aliphatic hydroxyl groups is 1. The lowest BCUT2D eigenvalue weighted by Crippen LogP contribution is -2.34. The minimum atomic E-state index is -4.59. The Morgan fingerprint density at radius 1 is 1.29 bits per heavy atom. The summed E-state index contributed by atoms with van der Waals surface area (Å²) >= 11 is 0. The van der Waals surface area contributed by atoms with E-state index in [0.29, 0.717) is 0 Å². The highest BCUT2D eigenvalue weighted by Crippen LogP contribution is 2.31. The standard InChI is InChI=1S/C10H11F4NO2/c11-9(12)10(13,14)17-8-4-2-1-3-6(8)7(15)5-16/h1-4,7,9,16H,5,15H2/t7-/m0/s1. The van der Waals surface area contributed by atoms with Crippen LogP contribution >= 0.6 is 0 Å². The van der Waals surface area contributed by atoms with Gasteiger partial charge in [0.1, 0.15) is 5.75 Å². The Hall–Kier alpha value is -1.34. The van der Waals surface area contributed by atoms with Crippen LogP contribution in [0, 0.1) is 0 Å². The van der Waals surface area contributed by atoms with Crippen LogP contribution in [-0.4, -0.2) is 24.2 Å². The van der Waals surface area contributed by atoms with Crippen molar-refractivity contribution in [2.24, 2.45) is 5.73 Å². The molecule has 3 N–H and O–H groups in total. The molecule has 17 heavy (non-hydrogen) atoms. The fourth-order valence-corrected chi connectivity index (χ4v) is 1.17. The smallest absolute Gasteiger partial charge is 0.428 e. The Morgan fingerprint density at radius 2 is 1.88 bits per heavy atom. The van der Waals surface area contributed by atoms with Crippen LogP contribution in [0.5, 0.6) is 5.75 Å². The summed E-state index contributed by atoms with van der Waals surface area (Å²) < 4.78 is 53.3. The van der Waals surface area contributed by atoms with Gasteiger partial charge in [-0.3, -0.25) is 0 Å². The molecule has 0 aliphatic heterocycles. The lowest BCUT2D eigenvalue weighted by atomic mass is 10.1. The van der Waals surface area contributed by atoms with Crippen LogP contribution in [0.3, 0.4) is 0 Å². The maximum Gasteiger partial charge on any atom is 0.461 e. The van der Waals surface area contributed by atoms with Crippen molar-refractivity contribution in [3.05, 3.63) is 29.8 Å². The zero-order valence-electron chi connectivity index (χ0n) is 8.62. The number of rotatable bonds is 5. The number of benzene rings is 1. The van der Waals surface area contributed by atoms with Gasteiger partial charge in [0.2, 0.25) is 0 Å². The van der Waals surface area contributed by atoms with Crippen LogP contribution in [0.25, 0.3) is 0 Å². The number of aliphatic hydroxyl groups excluding tert-OH is 1. The summed E-state index contributed by atoms with van der Waals surface area (Å²) in [6.07, 6.45) is -8.54. The highest BCUT2D eigenvalue weighted by molar-refractivity contribution is 5.36. The van der Waals surface area contributed by atoms with Crippen LogP contribution in [0.1, 0.15) is 11.6 Å². The number of hydrogen-bond acceptors (Lipinski definition) is 3. The Kier molecular flexibility index (Phi) is 4.30. The van der Waals surface area contributed by atoms with Gasteiger partial charge >= 0.3 is 12.5 Å². The fourth-order valence-electron chi connectivity index (χ4n) is 1.17. The molecular weight excluding hydrogens is 242 g/mol. The molecular formula is C10H11F4NO2. The number of nitrogens with two attached hydrogens (primary N) is 1. The molecule has 0 amide bonds. The number of hydrogen-bond donors (Lipinski definition) is 2. The molecule has 0 saturated carbocycles. The third-order valence-corrected chi connectivity index (χ3v) is 2.02. The molecule has 0 fully saturated rings. The highest BCUT2D eigenvalue weighted by atomic mass is 19.3. The molecule has 0 saturated heterocycles. The van der Waals surface area contributed by atoms with E-state index in [4.69, 9.17) is 10.8 Å². The lowest BCUT2D eigenvalue weighted by Gasteiger charge is -2.20. The van der Waals surface area contributed by atoms with E-state index in [1.807, 2.05) is 0 Å². The molecule has 0 radical (unpaired) electrons. The van der Waals surface area contributed by atoms with Crippen molar-refractivity contribution >= 4 is 0 Å². The first-order valence-electron chi connectivity index (χ1n) is 4.69. The molecule has 0 bridgehead atoms. The average molecular weight is 253 g/mol. The zero-order chi connectivity index (χ0) is 13.1. The number of halogens is 4. The second-order valence-electron chi connectivity index (χ2n) is 3.29. The van der Waals surface area contributed by atoms with E-state index in [1.54, 1.807) is 0 Å². The molecule has 0 heterocycles. The van der Waals surface area contributed by atoms with E-state index in [0.717, 1.165) is 6.07 Å². The Balaban J connectivity index is 2.98. The third kappa shape index (κ3) is 3.31. The van der Waals surface area contributed by atoms with Gasteiger partial charge in [-0.15, -0.1) is 0 Å². The first-order valence-corrected chi connectivity index (χ1v) is 4.69. The van der Waals surface area contributed by atoms with E-state index < -0.39 is 30.9 Å². The van der Waals surface area contributed by atoms with Crippen molar-refractivity contribution in [3.63, 3.8) is 0 Å². The van der Waals surface area contributed by atoms with Gasteiger partial charge in [0.25, 0.3) is 0 Å². The molecule has 0 aromatic heterocycles. The maximum atomic E-state index is 12.7. The predicted molar refractivity (Wildman–Crippen MR) is 52.0 cm³/mol. The molecule has 96 valence electrons. The van der Waals surface area contributed by atoms with Crippen molar-refractivity contribution < 1.29 is 27.4 Å². The summed E-state index contributed by atoms with van der Waals surface area (Å²) in [4.78, 5) is 0. The Bertz CT molecular complexity index is 373. The van der Waals surface area contributed by atoms with Crippen molar-refractivity contribution in [2.45, 2.75) is 18.6 Å². The molecule has 1 aromatic rings. The van der Waals surface area contributed by atoms with Crippen molar-refractivity contribution in [1.82, 2.24) is 0 Å². The second-order valence-corrected chi connectivity index (χ2v) is 3.29. The Labute approximate surface area is 94.8 Å². The topological polar surface area (TPSA) is 55.5 Å². The van der Waals surface area contributed by atoms with Gasteiger partial charge in [0.05, 0.1) is 12.6 Å². The van der Waals surface area contributed by atoms with Crippen molar-refractivity contribution in [1.29, 1.82) is 0 Å². The summed E-state index contributed by atoms with van der Waals surface area (Å²) in [6.45, 7) is -0.513. The van der Waals surface area contributed by atoms with Crippen molar-refractivity contribution in [2.75, 3.05) is 6.61 Å². The van der Waals surface area contributed by atoms with E-state index in [2.05, 4.69) is 4.74 Å². The number of ether oxygens (including phenoxy) is 1. The van der Waals surface area contributed by atoms with Gasteiger partial charge in [0, 0.05) is 5.56 Å². The number of para-hydroxylation sites is 1. The first kappa shape index (κ1) is 13.7. The third-order valence-electron chi connectivity index (χ3n) is 2.02. The summed E-state index contributed by atoms with van der Waals surface area (Å²) in [7, 11) is 0. The monoisotopic (exact) mass is 253 g/mol. The van der Waals surface area contributed by atoms with Crippen LogP contribution in [0.2, 0.25) is 0 Å². The highest BCUT2D eigenvalue weighted by Gasteiger charge is 2.44. The molecule has 1 rings (SSSR count). The molecule has 0 aliphatic carbocycles. The van der Waals surface area contributed by atoms with Gasteiger partial charge < -0.3 is 15.6 Å². The average Bonchev–Trinajstić information content (AvgIpc) is 2.28. The molecule has 0 spiro atoms. The molecule has 1 aromatic carbocycles. The first-order chi connectivity index (χ1) is 7.88. The predicted octanol–water partition coefficient (Wildman–Crippen LogP) is 1.92. The van der Waals surface area contributed by atoms with Crippen LogP contribution in [0.4, 0.5) is 17.6 Å². The molecule has 0 aliphatic rings. The van der Waals surface area contributed by atoms with Crippen LogP contribution in [0.15, 0.2) is 24.3 Å². The minimum Gasteiger partial charge on any atom is -0.428 e. The summed E-state index contributed by atoms with van der Waals surface area (Å²) in [5, 5.41) is 8.80. The molecule has 3 nitrogen and oxygen atoms in total. The summed E-state index contributed by atoms with van der Waals surface area (Å²) in [6, 6.07) is 4.24. The zero-order valence-corrected chi connectivity index (χ0v) is 8.62. The van der Waals surface area contributed by atoms with Gasteiger partial charge in [0.15, 0.2) is 0 Å². The van der Waals surface area contributed by atoms with Gasteiger partial charge in [-0.2, -0.15) is 17.6 Å². The molecule has 0 unspecified atom stereocenters. The quantitative estimate of drug-likeness (QED) is 0.788. The van der Waals surface area contributed by atoms with E-state index in [9.17, 15) is 17.6 Å². The SMILES string of the molecule is N[C@@H](CO)c1ccccc1OC(F)(F)C(F)F. The fraction of sp³-hybridized carbons (Fsp3) is 0.400. The minimum absolute atomic E-state index is 0.0373. The normalized spacial score (nSPS) is 13.8. The van der Waals surface area contributed by atoms with Gasteiger partial charge in [-0.25, -0.2) is 0 Å². The second kappa shape index (κ2) is 5.33. The summed E-state index contributed by atoms with van der Waals surface area (Å²) in [5.41, 5.74) is 5.46. The molecule has 1 atom stereocenters. The van der Waals surface area contributed by atoms with E-state index >= 15 is 0 Å². The van der Waals surface area contributed by atoms with E-state index in [-0.39, 0.29) is 5.56 Å².